The van der Waals surface area contributed by atoms with E-state index in [0.29, 0.717) is 23.3 Å². The van der Waals surface area contributed by atoms with Gasteiger partial charge in [-0.05, 0) is 26.7 Å². The molecule has 0 amide bonds. The van der Waals surface area contributed by atoms with Gasteiger partial charge in [0.1, 0.15) is 11.6 Å². The summed E-state index contributed by atoms with van der Waals surface area (Å²) in [6.45, 7) is 4.99. The van der Waals surface area contributed by atoms with E-state index in [-0.39, 0.29) is 5.82 Å². The molecule has 0 aromatic carbocycles. The summed E-state index contributed by atoms with van der Waals surface area (Å²) in [6.07, 6.45) is 5.05. The molecule has 20 heavy (non-hydrogen) atoms. The van der Waals surface area contributed by atoms with Crippen molar-refractivity contribution in [2.45, 2.75) is 32.6 Å². The predicted molar refractivity (Wildman–Crippen MR) is 72.2 cm³/mol. The first-order chi connectivity index (χ1) is 9.65. The quantitative estimate of drug-likeness (QED) is 0.844. The minimum absolute atomic E-state index is 0.311. The number of piperidine rings is 1. The highest BCUT2D eigenvalue weighted by Gasteiger charge is 2.26. The highest BCUT2D eigenvalue weighted by Crippen LogP contribution is 2.30. The summed E-state index contributed by atoms with van der Waals surface area (Å²) in [5, 5.41) is 0. The van der Waals surface area contributed by atoms with Gasteiger partial charge in [-0.3, -0.25) is 0 Å². The van der Waals surface area contributed by atoms with Crippen molar-refractivity contribution in [3.05, 3.63) is 35.7 Å². The number of aromatic nitrogens is 3. The number of hydrogen-bond donors (Lipinski definition) is 0. The van der Waals surface area contributed by atoms with Crippen LogP contribution in [0.5, 0.6) is 0 Å². The van der Waals surface area contributed by atoms with Crippen LogP contribution in [0.3, 0.4) is 0 Å². The monoisotopic (exact) mass is 276 g/mol. The Morgan fingerprint density at radius 2 is 2.00 bits per heavy atom. The van der Waals surface area contributed by atoms with E-state index in [1.54, 1.807) is 20.0 Å². The highest BCUT2D eigenvalue weighted by molar-refractivity contribution is 5.42. The second-order valence-corrected chi connectivity index (χ2v) is 5.16. The molecule has 0 saturated carbocycles. The first kappa shape index (κ1) is 13.0. The van der Waals surface area contributed by atoms with Crippen LogP contribution in [0.4, 0.5) is 10.2 Å². The third-order valence-corrected chi connectivity index (χ3v) is 3.76. The fourth-order valence-electron chi connectivity index (χ4n) is 2.69. The van der Waals surface area contributed by atoms with Crippen LogP contribution in [0.1, 0.15) is 36.0 Å². The SMILES string of the molecule is Cc1nc(C)c(F)c(N2CCC(c3cnco3)CC2)n1. The Morgan fingerprint density at radius 1 is 1.25 bits per heavy atom. The lowest BCUT2D eigenvalue weighted by Gasteiger charge is -2.32. The molecule has 2 aromatic heterocycles. The van der Waals surface area contributed by atoms with Gasteiger partial charge in [0.2, 0.25) is 0 Å². The fraction of sp³-hybridized carbons (Fsp3) is 0.500. The maximum absolute atomic E-state index is 14.1. The smallest absolute Gasteiger partial charge is 0.186 e. The maximum atomic E-state index is 14.1. The largest absolute Gasteiger partial charge is 0.448 e. The Labute approximate surface area is 116 Å². The molecule has 3 rings (SSSR count). The Kier molecular flexibility index (Phi) is 3.38. The van der Waals surface area contributed by atoms with Gasteiger partial charge in [0.15, 0.2) is 18.0 Å². The first-order valence-corrected chi connectivity index (χ1v) is 6.79. The third-order valence-electron chi connectivity index (χ3n) is 3.76. The average Bonchev–Trinajstić information content (AvgIpc) is 2.97. The summed E-state index contributed by atoms with van der Waals surface area (Å²) in [4.78, 5) is 14.2. The molecule has 6 heteroatoms. The summed E-state index contributed by atoms with van der Waals surface area (Å²) in [6, 6.07) is 0. The molecule has 2 aromatic rings. The summed E-state index contributed by atoms with van der Waals surface area (Å²) in [7, 11) is 0. The Bertz CT molecular complexity index is 591. The number of nitrogens with zero attached hydrogens (tertiary/aromatic N) is 4. The molecule has 0 unspecified atom stereocenters. The first-order valence-electron chi connectivity index (χ1n) is 6.79. The lowest BCUT2D eigenvalue weighted by Crippen LogP contribution is -2.34. The molecule has 1 fully saturated rings. The molecule has 0 spiro atoms. The normalized spacial score (nSPS) is 16.6. The number of aryl methyl sites for hydroxylation is 2. The molecule has 106 valence electrons. The van der Waals surface area contributed by atoms with Crippen LogP contribution in [-0.4, -0.2) is 28.0 Å². The molecule has 5 nitrogen and oxygen atoms in total. The van der Waals surface area contributed by atoms with E-state index in [2.05, 4.69) is 15.0 Å². The standard InChI is InChI=1S/C14H17FN4O/c1-9-13(15)14(18-10(2)17-9)19-5-3-11(4-6-19)12-7-16-8-20-12/h7-8,11H,3-6H2,1-2H3. The van der Waals surface area contributed by atoms with Crippen molar-refractivity contribution in [3.8, 4) is 0 Å². The van der Waals surface area contributed by atoms with Gasteiger partial charge in [0.25, 0.3) is 0 Å². The van der Waals surface area contributed by atoms with E-state index in [4.69, 9.17) is 4.42 Å². The van der Waals surface area contributed by atoms with Gasteiger partial charge in [-0.2, -0.15) is 0 Å². The summed E-state index contributed by atoms with van der Waals surface area (Å²) < 4.78 is 19.5. The van der Waals surface area contributed by atoms with Crippen molar-refractivity contribution < 1.29 is 8.81 Å². The molecule has 0 bridgehead atoms. The molecule has 1 aliphatic heterocycles. The number of anilines is 1. The average molecular weight is 276 g/mol. The topological polar surface area (TPSA) is 55.1 Å². The van der Waals surface area contributed by atoms with Crippen LogP contribution >= 0.6 is 0 Å². The van der Waals surface area contributed by atoms with Gasteiger partial charge in [0, 0.05) is 19.0 Å². The van der Waals surface area contributed by atoms with Crippen molar-refractivity contribution in [3.63, 3.8) is 0 Å². The number of oxazole rings is 1. The summed E-state index contributed by atoms with van der Waals surface area (Å²) in [5.41, 5.74) is 0.407. The van der Waals surface area contributed by atoms with Crippen molar-refractivity contribution in [1.29, 1.82) is 0 Å². The molecule has 0 atom stereocenters. The number of rotatable bonds is 2. The lowest BCUT2D eigenvalue weighted by atomic mass is 9.95. The zero-order valence-corrected chi connectivity index (χ0v) is 11.6. The lowest BCUT2D eigenvalue weighted by molar-refractivity contribution is 0.402. The Hall–Kier alpha value is -1.98. The molecule has 1 aliphatic rings. The number of halogens is 1. The molecule has 3 heterocycles. The van der Waals surface area contributed by atoms with Crippen molar-refractivity contribution in [2.75, 3.05) is 18.0 Å². The van der Waals surface area contributed by atoms with E-state index in [1.807, 2.05) is 4.90 Å². The second kappa shape index (κ2) is 5.19. The van der Waals surface area contributed by atoms with Gasteiger partial charge in [-0.25, -0.2) is 19.3 Å². The van der Waals surface area contributed by atoms with Gasteiger partial charge in [-0.15, -0.1) is 0 Å². The Balaban J connectivity index is 1.75. The molecule has 0 aliphatic carbocycles. The minimum Gasteiger partial charge on any atom is -0.448 e. The van der Waals surface area contributed by atoms with Crippen LogP contribution in [-0.2, 0) is 0 Å². The van der Waals surface area contributed by atoms with E-state index < -0.39 is 0 Å². The number of hydrogen-bond acceptors (Lipinski definition) is 5. The summed E-state index contributed by atoms with van der Waals surface area (Å²) >= 11 is 0. The van der Waals surface area contributed by atoms with Crippen LogP contribution in [0.15, 0.2) is 17.0 Å². The Morgan fingerprint density at radius 3 is 2.65 bits per heavy atom. The molecule has 1 saturated heterocycles. The minimum atomic E-state index is -0.311. The van der Waals surface area contributed by atoms with E-state index >= 15 is 0 Å². The van der Waals surface area contributed by atoms with Gasteiger partial charge in [-0.1, -0.05) is 0 Å². The molecule has 0 N–H and O–H groups in total. The van der Waals surface area contributed by atoms with Gasteiger partial charge >= 0.3 is 0 Å². The van der Waals surface area contributed by atoms with Crippen LogP contribution < -0.4 is 4.90 Å². The third kappa shape index (κ3) is 2.37. The van der Waals surface area contributed by atoms with Crippen LogP contribution in [0.2, 0.25) is 0 Å². The zero-order chi connectivity index (χ0) is 14.1. The van der Waals surface area contributed by atoms with Crippen LogP contribution in [0.25, 0.3) is 0 Å². The molecular formula is C14H17FN4O. The van der Waals surface area contributed by atoms with Crippen molar-refractivity contribution in [1.82, 2.24) is 15.0 Å². The predicted octanol–water partition coefficient (Wildman–Crippen LogP) is 2.60. The molecule has 0 radical (unpaired) electrons. The second-order valence-electron chi connectivity index (χ2n) is 5.16. The van der Waals surface area contributed by atoms with E-state index in [0.717, 1.165) is 31.7 Å². The van der Waals surface area contributed by atoms with Gasteiger partial charge in [0.05, 0.1) is 11.9 Å². The van der Waals surface area contributed by atoms with Crippen molar-refractivity contribution in [2.24, 2.45) is 0 Å². The van der Waals surface area contributed by atoms with Crippen molar-refractivity contribution >= 4 is 5.82 Å². The molecular weight excluding hydrogens is 259 g/mol. The zero-order valence-electron chi connectivity index (χ0n) is 11.6. The fourth-order valence-corrected chi connectivity index (χ4v) is 2.69. The van der Waals surface area contributed by atoms with E-state index in [9.17, 15) is 4.39 Å². The highest BCUT2D eigenvalue weighted by atomic mass is 19.1. The maximum Gasteiger partial charge on any atom is 0.186 e. The summed E-state index contributed by atoms with van der Waals surface area (Å²) in [5.74, 6) is 2.00. The van der Waals surface area contributed by atoms with E-state index in [1.165, 1.54) is 6.39 Å². The van der Waals surface area contributed by atoms with Gasteiger partial charge < -0.3 is 9.32 Å². The van der Waals surface area contributed by atoms with Crippen LogP contribution in [0, 0.1) is 19.7 Å².